The molecule has 1 aromatic carbocycles. The molecule has 1 heterocycles. The Kier molecular flexibility index (Phi) is 7.53. The van der Waals surface area contributed by atoms with E-state index in [0.717, 1.165) is 57.4 Å². The molecule has 1 aromatic rings. The molecule has 1 unspecified atom stereocenters. The van der Waals surface area contributed by atoms with Crippen LogP contribution in [0.1, 0.15) is 57.1 Å². The molecule has 1 fully saturated rings. The standard InChI is InChI=1S/C23H36N4O2/c1-4-27(5-2)14-13-21(28)24-18-9-11-19(12-10-18)25-23(29)20-15-17-8-6-7-16(3)22(17)26-20/h6-8,18-20,26H,4-5,9-15H2,1-3H3,(H,24,28)(H,25,29). The van der Waals surface area contributed by atoms with E-state index >= 15 is 0 Å². The third-order valence-electron chi connectivity index (χ3n) is 6.41. The zero-order valence-corrected chi connectivity index (χ0v) is 18.1. The van der Waals surface area contributed by atoms with E-state index in [-0.39, 0.29) is 29.9 Å². The van der Waals surface area contributed by atoms with Gasteiger partial charge in [-0.2, -0.15) is 0 Å². The van der Waals surface area contributed by atoms with Crippen molar-refractivity contribution >= 4 is 17.5 Å². The lowest BCUT2D eigenvalue weighted by molar-refractivity contribution is -0.124. The molecule has 1 aliphatic heterocycles. The predicted molar refractivity (Wildman–Crippen MR) is 117 cm³/mol. The number of hydrogen-bond donors (Lipinski definition) is 3. The van der Waals surface area contributed by atoms with Crippen LogP contribution in [0.2, 0.25) is 0 Å². The normalized spacial score (nSPS) is 23.4. The molecule has 3 N–H and O–H groups in total. The van der Waals surface area contributed by atoms with Crippen molar-refractivity contribution in [3.05, 3.63) is 29.3 Å². The first-order valence-corrected chi connectivity index (χ1v) is 11.2. The summed E-state index contributed by atoms with van der Waals surface area (Å²) in [6, 6.07) is 6.49. The second-order valence-electron chi connectivity index (χ2n) is 8.41. The van der Waals surface area contributed by atoms with Gasteiger partial charge < -0.3 is 20.9 Å². The maximum absolute atomic E-state index is 12.7. The van der Waals surface area contributed by atoms with Crippen LogP contribution in [0.15, 0.2) is 18.2 Å². The highest BCUT2D eigenvalue weighted by atomic mass is 16.2. The van der Waals surface area contributed by atoms with Crippen LogP contribution < -0.4 is 16.0 Å². The van der Waals surface area contributed by atoms with Crippen LogP contribution in [0.25, 0.3) is 0 Å². The van der Waals surface area contributed by atoms with E-state index in [2.05, 4.69) is 53.8 Å². The van der Waals surface area contributed by atoms with Crippen molar-refractivity contribution in [3.63, 3.8) is 0 Å². The highest BCUT2D eigenvalue weighted by Gasteiger charge is 2.30. The molecule has 1 aliphatic carbocycles. The summed E-state index contributed by atoms with van der Waals surface area (Å²) in [5.74, 6) is 0.236. The minimum atomic E-state index is -0.177. The molecule has 0 aromatic heterocycles. The summed E-state index contributed by atoms with van der Waals surface area (Å²) in [4.78, 5) is 27.2. The van der Waals surface area contributed by atoms with Crippen LogP contribution in [0, 0.1) is 6.92 Å². The molecule has 0 radical (unpaired) electrons. The maximum atomic E-state index is 12.7. The van der Waals surface area contributed by atoms with Crippen molar-refractivity contribution in [2.45, 2.75) is 77.4 Å². The Morgan fingerprint density at radius 1 is 1.07 bits per heavy atom. The van der Waals surface area contributed by atoms with Gasteiger partial charge in [0.2, 0.25) is 11.8 Å². The van der Waals surface area contributed by atoms with Crippen LogP contribution in [-0.4, -0.2) is 54.5 Å². The molecule has 29 heavy (non-hydrogen) atoms. The molecule has 160 valence electrons. The smallest absolute Gasteiger partial charge is 0.243 e. The van der Waals surface area contributed by atoms with Gasteiger partial charge in [-0.15, -0.1) is 0 Å². The largest absolute Gasteiger partial charge is 0.373 e. The van der Waals surface area contributed by atoms with Crippen molar-refractivity contribution in [3.8, 4) is 0 Å². The Morgan fingerprint density at radius 2 is 1.72 bits per heavy atom. The summed E-state index contributed by atoms with van der Waals surface area (Å²) in [6.07, 6.45) is 5.02. The van der Waals surface area contributed by atoms with Gasteiger partial charge in [0, 0.05) is 37.2 Å². The second kappa shape index (κ2) is 10.1. The fourth-order valence-electron chi connectivity index (χ4n) is 4.49. The Morgan fingerprint density at radius 3 is 2.34 bits per heavy atom. The SMILES string of the molecule is CCN(CC)CCC(=O)NC1CCC(NC(=O)C2Cc3cccc(C)c3N2)CC1. The molecule has 1 atom stereocenters. The zero-order chi connectivity index (χ0) is 20.8. The summed E-state index contributed by atoms with van der Waals surface area (Å²) in [7, 11) is 0. The molecule has 3 rings (SSSR count). The first-order chi connectivity index (χ1) is 14.0. The molecule has 6 heteroatoms. The van der Waals surface area contributed by atoms with E-state index in [4.69, 9.17) is 0 Å². The van der Waals surface area contributed by atoms with E-state index in [1.807, 2.05) is 6.07 Å². The van der Waals surface area contributed by atoms with E-state index in [9.17, 15) is 9.59 Å². The van der Waals surface area contributed by atoms with E-state index < -0.39 is 0 Å². The zero-order valence-electron chi connectivity index (χ0n) is 18.1. The Labute approximate surface area is 174 Å². The first kappa shape index (κ1) is 21.6. The monoisotopic (exact) mass is 400 g/mol. The molecular weight excluding hydrogens is 364 g/mol. The van der Waals surface area contributed by atoms with Gasteiger partial charge in [-0.1, -0.05) is 32.0 Å². The van der Waals surface area contributed by atoms with Gasteiger partial charge in [-0.25, -0.2) is 0 Å². The molecule has 0 saturated heterocycles. The number of aryl methyl sites for hydroxylation is 1. The summed E-state index contributed by atoms with van der Waals surface area (Å²) >= 11 is 0. The molecule has 0 bridgehead atoms. The Bertz CT molecular complexity index is 709. The summed E-state index contributed by atoms with van der Waals surface area (Å²) in [6.45, 7) is 9.10. The molecule has 6 nitrogen and oxygen atoms in total. The van der Waals surface area contributed by atoms with Crippen molar-refractivity contribution < 1.29 is 9.59 Å². The van der Waals surface area contributed by atoms with Gasteiger partial charge in [-0.3, -0.25) is 9.59 Å². The molecule has 2 amide bonds. The van der Waals surface area contributed by atoms with Gasteiger partial charge in [0.05, 0.1) is 0 Å². The molecule has 1 saturated carbocycles. The number of nitrogens with zero attached hydrogens (tertiary/aromatic N) is 1. The van der Waals surface area contributed by atoms with Gasteiger partial charge >= 0.3 is 0 Å². The van der Waals surface area contributed by atoms with Crippen molar-refractivity contribution in [1.29, 1.82) is 0 Å². The van der Waals surface area contributed by atoms with E-state index in [0.29, 0.717) is 6.42 Å². The van der Waals surface area contributed by atoms with Crippen LogP contribution in [0.5, 0.6) is 0 Å². The lowest BCUT2D eigenvalue weighted by Gasteiger charge is -2.30. The van der Waals surface area contributed by atoms with E-state index in [1.54, 1.807) is 0 Å². The van der Waals surface area contributed by atoms with Crippen LogP contribution in [0.4, 0.5) is 5.69 Å². The summed E-state index contributed by atoms with van der Waals surface area (Å²) in [5.41, 5.74) is 3.53. The van der Waals surface area contributed by atoms with Gasteiger partial charge in [0.15, 0.2) is 0 Å². The summed E-state index contributed by atoms with van der Waals surface area (Å²) < 4.78 is 0. The third kappa shape index (κ3) is 5.72. The number of carbonyl (C=O) groups is 2. The number of para-hydroxylation sites is 1. The molecule has 2 aliphatic rings. The van der Waals surface area contributed by atoms with Crippen molar-refractivity contribution in [2.75, 3.05) is 25.0 Å². The van der Waals surface area contributed by atoms with Gasteiger partial charge in [-0.05, 0) is 56.8 Å². The number of rotatable bonds is 8. The second-order valence-corrected chi connectivity index (χ2v) is 8.41. The molecule has 0 spiro atoms. The number of carbonyl (C=O) groups excluding carboxylic acids is 2. The van der Waals surface area contributed by atoms with Crippen LogP contribution in [0.3, 0.4) is 0 Å². The number of hydrogen-bond acceptors (Lipinski definition) is 4. The topological polar surface area (TPSA) is 73.5 Å². The first-order valence-electron chi connectivity index (χ1n) is 11.2. The highest BCUT2D eigenvalue weighted by molar-refractivity contribution is 5.88. The number of benzene rings is 1. The van der Waals surface area contributed by atoms with Crippen LogP contribution >= 0.6 is 0 Å². The van der Waals surface area contributed by atoms with Crippen molar-refractivity contribution in [1.82, 2.24) is 15.5 Å². The Balaban J connectivity index is 1.37. The van der Waals surface area contributed by atoms with Crippen LogP contribution in [-0.2, 0) is 16.0 Å². The lowest BCUT2D eigenvalue weighted by atomic mass is 9.90. The fraction of sp³-hybridized carbons (Fsp3) is 0.652. The summed E-state index contributed by atoms with van der Waals surface area (Å²) in [5, 5.41) is 9.79. The number of anilines is 1. The average Bonchev–Trinajstić information content (AvgIpc) is 3.16. The third-order valence-corrected chi connectivity index (χ3v) is 6.41. The minimum absolute atomic E-state index is 0.0901. The minimum Gasteiger partial charge on any atom is -0.373 e. The average molecular weight is 401 g/mol. The lowest BCUT2D eigenvalue weighted by Crippen LogP contribution is -2.47. The number of fused-ring (bicyclic) bond motifs is 1. The Hall–Kier alpha value is -2.08. The maximum Gasteiger partial charge on any atom is 0.243 e. The van der Waals surface area contributed by atoms with E-state index in [1.165, 1.54) is 11.1 Å². The number of amides is 2. The quantitative estimate of drug-likeness (QED) is 0.627. The predicted octanol–water partition coefficient (Wildman–Crippen LogP) is 2.61. The van der Waals surface area contributed by atoms with Gasteiger partial charge in [0.1, 0.15) is 6.04 Å². The fourth-order valence-corrected chi connectivity index (χ4v) is 4.49. The number of nitrogens with one attached hydrogen (secondary N) is 3. The highest BCUT2D eigenvalue weighted by Crippen LogP contribution is 2.29. The van der Waals surface area contributed by atoms with Crippen molar-refractivity contribution in [2.24, 2.45) is 0 Å². The van der Waals surface area contributed by atoms with Gasteiger partial charge in [0.25, 0.3) is 0 Å². The molecular formula is C23H36N4O2.